The fourth-order valence-corrected chi connectivity index (χ4v) is 6.00. The van der Waals surface area contributed by atoms with Crippen LogP contribution in [0.4, 0.5) is 0 Å². The van der Waals surface area contributed by atoms with Gasteiger partial charge in [0.1, 0.15) is 5.65 Å². The summed E-state index contributed by atoms with van der Waals surface area (Å²) in [5, 5.41) is 3.26. The molecule has 4 unspecified atom stereocenters. The van der Waals surface area contributed by atoms with Crippen molar-refractivity contribution in [3.05, 3.63) is 66.1 Å². The molecule has 1 N–H and O–H groups in total. The first-order valence-corrected chi connectivity index (χ1v) is 11.6. The molecule has 0 aliphatic heterocycles. The van der Waals surface area contributed by atoms with E-state index in [2.05, 4.69) is 23.4 Å². The molecule has 29 heavy (non-hydrogen) atoms. The van der Waals surface area contributed by atoms with Crippen molar-refractivity contribution in [1.82, 2.24) is 14.7 Å². The zero-order valence-electron chi connectivity index (χ0n) is 16.8. The van der Waals surface area contributed by atoms with E-state index in [0.29, 0.717) is 5.92 Å². The largest absolute Gasteiger partial charge is 0.349 e. The summed E-state index contributed by atoms with van der Waals surface area (Å²) in [4.78, 5) is 18.5. The lowest BCUT2D eigenvalue weighted by Crippen LogP contribution is -2.40. The van der Waals surface area contributed by atoms with Crippen LogP contribution in [0.1, 0.15) is 48.7 Å². The van der Waals surface area contributed by atoms with Gasteiger partial charge in [-0.25, -0.2) is 4.98 Å². The van der Waals surface area contributed by atoms with Crippen molar-refractivity contribution in [2.24, 2.45) is 17.8 Å². The van der Waals surface area contributed by atoms with Crippen LogP contribution in [0.3, 0.4) is 0 Å². The minimum Gasteiger partial charge on any atom is -0.349 e. The Kier molecular flexibility index (Phi) is 5.08. The molecular weight excluding hydrogens is 378 g/mol. The number of hydrogen-bond acceptors (Lipinski definition) is 3. The molecule has 150 valence electrons. The lowest BCUT2D eigenvalue weighted by molar-refractivity contribution is 0.0915. The zero-order valence-corrected chi connectivity index (χ0v) is 17.6. The first-order valence-electron chi connectivity index (χ1n) is 10.6. The monoisotopic (exact) mass is 405 g/mol. The molecule has 5 heteroatoms. The fourth-order valence-electron chi connectivity index (χ4n) is 5.22. The molecule has 0 saturated heterocycles. The summed E-state index contributed by atoms with van der Waals surface area (Å²) >= 11 is 1.74. The highest BCUT2D eigenvalue weighted by molar-refractivity contribution is 7.98. The second-order valence-corrected chi connectivity index (χ2v) is 9.66. The second kappa shape index (κ2) is 7.86. The van der Waals surface area contributed by atoms with Gasteiger partial charge in [0.15, 0.2) is 0 Å². The summed E-state index contributed by atoms with van der Waals surface area (Å²) in [7, 11) is 0. The third kappa shape index (κ3) is 3.93. The Morgan fingerprint density at radius 1 is 1.21 bits per heavy atom. The van der Waals surface area contributed by atoms with Crippen LogP contribution in [-0.2, 0) is 5.75 Å². The summed E-state index contributed by atoms with van der Waals surface area (Å²) in [5.41, 5.74) is 2.78. The highest BCUT2D eigenvalue weighted by Crippen LogP contribution is 2.49. The first-order chi connectivity index (χ1) is 14.2. The van der Waals surface area contributed by atoms with Gasteiger partial charge in [-0.15, -0.1) is 11.8 Å². The summed E-state index contributed by atoms with van der Waals surface area (Å²) in [6.45, 7) is 2.18. The number of imidazole rings is 1. The average molecular weight is 406 g/mol. The SMILES string of the molecule is CC(NC(=O)c1ccc(SCc2cn3ccccc3n2)cc1)C1CC2CCC1C2. The number of carbonyl (C=O) groups excluding carboxylic acids is 1. The predicted octanol–water partition coefficient (Wildman–Crippen LogP) is 5.18. The molecule has 2 fully saturated rings. The molecule has 2 heterocycles. The minimum atomic E-state index is 0.0529. The van der Waals surface area contributed by atoms with Crippen molar-refractivity contribution in [3.8, 4) is 0 Å². The lowest BCUT2D eigenvalue weighted by Gasteiger charge is -2.28. The molecule has 0 radical (unpaired) electrons. The van der Waals surface area contributed by atoms with Gasteiger partial charge >= 0.3 is 0 Å². The number of nitrogens with one attached hydrogen (secondary N) is 1. The van der Waals surface area contributed by atoms with Crippen molar-refractivity contribution < 1.29 is 4.79 Å². The van der Waals surface area contributed by atoms with Crippen LogP contribution < -0.4 is 5.32 Å². The van der Waals surface area contributed by atoms with Gasteiger partial charge in [0, 0.05) is 34.6 Å². The summed E-state index contributed by atoms with van der Waals surface area (Å²) in [6, 6.07) is 14.2. The normalized spacial score (nSPS) is 24.1. The Morgan fingerprint density at radius 2 is 2.07 bits per heavy atom. The quantitative estimate of drug-likeness (QED) is 0.575. The number of carbonyl (C=O) groups is 1. The van der Waals surface area contributed by atoms with Gasteiger partial charge in [0.25, 0.3) is 5.91 Å². The van der Waals surface area contributed by atoms with Gasteiger partial charge in [-0.1, -0.05) is 12.5 Å². The van der Waals surface area contributed by atoms with E-state index in [-0.39, 0.29) is 11.9 Å². The molecule has 5 rings (SSSR count). The number of hydrogen-bond donors (Lipinski definition) is 1. The Bertz CT molecular complexity index is 979. The van der Waals surface area contributed by atoms with Gasteiger partial charge in [0.2, 0.25) is 0 Å². The smallest absolute Gasteiger partial charge is 0.251 e. The van der Waals surface area contributed by atoms with Crippen LogP contribution in [0.15, 0.2) is 59.8 Å². The Balaban J connectivity index is 1.17. The van der Waals surface area contributed by atoms with E-state index in [1.54, 1.807) is 11.8 Å². The number of rotatable bonds is 6. The van der Waals surface area contributed by atoms with Crippen molar-refractivity contribution >= 4 is 23.3 Å². The predicted molar refractivity (Wildman–Crippen MR) is 117 cm³/mol. The highest BCUT2D eigenvalue weighted by atomic mass is 32.2. The van der Waals surface area contributed by atoms with Crippen molar-refractivity contribution in [2.75, 3.05) is 0 Å². The van der Waals surface area contributed by atoms with Gasteiger partial charge in [-0.2, -0.15) is 0 Å². The molecule has 1 aromatic carbocycles. The minimum absolute atomic E-state index is 0.0529. The van der Waals surface area contributed by atoms with Crippen molar-refractivity contribution in [1.29, 1.82) is 0 Å². The summed E-state index contributed by atoms with van der Waals surface area (Å²) < 4.78 is 2.04. The maximum absolute atomic E-state index is 12.7. The second-order valence-electron chi connectivity index (χ2n) is 8.61. The third-order valence-corrected chi connectivity index (χ3v) is 7.76. The van der Waals surface area contributed by atoms with Crippen LogP contribution in [-0.4, -0.2) is 21.3 Å². The number of nitrogens with zero attached hydrogens (tertiary/aromatic N) is 2. The molecule has 2 saturated carbocycles. The summed E-state index contributed by atoms with van der Waals surface area (Å²) in [6.07, 6.45) is 9.51. The standard InChI is InChI=1S/C24H27N3OS/c1-16(22-13-17-5-6-19(22)12-17)25-24(28)18-7-9-21(10-8-18)29-15-20-14-27-11-3-2-4-23(27)26-20/h2-4,7-11,14,16-17,19,22H,5-6,12-13,15H2,1H3,(H,25,28). The molecule has 4 atom stereocenters. The maximum atomic E-state index is 12.7. The van der Waals surface area contributed by atoms with Crippen molar-refractivity contribution in [2.45, 2.75) is 49.3 Å². The fraction of sp³-hybridized carbons (Fsp3) is 0.417. The number of aromatic nitrogens is 2. The molecular formula is C24H27N3OS. The van der Waals surface area contributed by atoms with E-state index >= 15 is 0 Å². The Hall–Kier alpha value is -2.27. The van der Waals surface area contributed by atoms with Gasteiger partial charge in [-0.3, -0.25) is 4.79 Å². The van der Waals surface area contributed by atoms with E-state index in [1.807, 2.05) is 53.1 Å². The van der Waals surface area contributed by atoms with E-state index in [4.69, 9.17) is 0 Å². The van der Waals surface area contributed by atoms with Crippen LogP contribution >= 0.6 is 11.8 Å². The highest BCUT2D eigenvalue weighted by Gasteiger charge is 2.42. The number of benzene rings is 1. The molecule has 2 aliphatic carbocycles. The van der Waals surface area contributed by atoms with Crippen LogP contribution in [0.2, 0.25) is 0 Å². The number of pyridine rings is 1. The molecule has 0 spiro atoms. The van der Waals surface area contributed by atoms with Crippen LogP contribution in [0, 0.1) is 17.8 Å². The third-order valence-electron chi connectivity index (χ3n) is 6.71. The van der Waals surface area contributed by atoms with E-state index in [0.717, 1.165) is 39.4 Å². The zero-order chi connectivity index (χ0) is 19.8. The molecule has 2 bridgehead atoms. The molecule has 1 amide bonds. The van der Waals surface area contributed by atoms with E-state index in [9.17, 15) is 4.79 Å². The van der Waals surface area contributed by atoms with E-state index < -0.39 is 0 Å². The maximum Gasteiger partial charge on any atom is 0.251 e. The topological polar surface area (TPSA) is 46.4 Å². The summed E-state index contributed by atoms with van der Waals surface area (Å²) in [5.74, 6) is 3.27. The molecule has 3 aromatic rings. The molecule has 2 aliphatic rings. The van der Waals surface area contributed by atoms with Crippen LogP contribution in [0.5, 0.6) is 0 Å². The van der Waals surface area contributed by atoms with Gasteiger partial charge in [-0.05, 0) is 80.3 Å². The number of thioether (sulfide) groups is 1. The Morgan fingerprint density at radius 3 is 2.79 bits per heavy atom. The first kappa shape index (κ1) is 18.7. The van der Waals surface area contributed by atoms with Crippen molar-refractivity contribution in [3.63, 3.8) is 0 Å². The number of amides is 1. The lowest BCUT2D eigenvalue weighted by atomic mass is 9.84. The van der Waals surface area contributed by atoms with Gasteiger partial charge < -0.3 is 9.72 Å². The molecule has 4 nitrogen and oxygen atoms in total. The van der Waals surface area contributed by atoms with E-state index in [1.165, 1.54) is 25.7 Å². The Labute approximate surface area is 176 Å². The number of fused-ring (bicyclic) bond motifs is 3. The average Bonchev–Trinajstić information content (AvgIpc) is 3.47. The van der Waals surface area contributed by atoms with Crippen LogP contribution in [0.25, 0.3) is 5.65 Å². The van der Waals surface area contributed by atoms with Gasteiger partial charge in [0.05, 0.1) is 5.69 Å². The molecule has 2 aromatic heterocycles.